The van der Waals surface area contributed by atoms with E-state index in [4.69, 9.17) is 0 Å². The minimum atomic E-state index is -4.69. The molecule has 2 nitrogen and oxygen atoms in total. The van der Waals surface area contributed by atoms with Crippen molar-refractivity contribution in [2.75, 3.05) is 14.1 Å². The van der Waals surface area contributed by atoms with E-state index in [0.717, 1.165) is 0 Å². The van der Waals surface area contributed by atoms with Gasteiger partial charge in [-0.2, -0.15) is 26.5 Å². The lowest BCUT2D eigenvalue weighted by molar-refractivity contribution is -0.863. The predicted molar refractivity (Wildman–Crippen MR) is 53.7 cm³/mol. The van der Waals surface area contributed by atoms with Crippen molar-refractivity contribution in [3.8, 4) is 0 Å². The van der Waals surface area contributed by atoms with Gasteiger partial charge in [-0.3, -0.25) is 0 Å². The van der Waals surface area contributed by atoms with Gasteiger partial charge in [0, 0.05) is 5.92 Å². The summed E-state index contributed by atoms with van der Waals surface area (Å²) in [5, 5.41) is 3.43. The van der Waals surface area contributed by atoms with Gasteiger partial charge in [-0.1, -0.05) is 17.3 Å². The van der Waals surface area contributed by atoms with Crippen LogP contribution in [0.2, 0.25) is 0 Å². The number of quaternary nitrogens is 1. The van der Waals surface area contributed by atoms with E-state index in [1.165, 1.54) is 26.2 Å². The van der Waals surface area contributed by atoms with Crippen LogP contribution in [-0.2, 0) is 0 Å². The Hall–Kier alpha value is -1.24. The number of alkyl halides is 5. The molecule has 18 heavy (non-hydrogen) atoms. The normalized spacial score (nSPS) is 35.2. The zero-order chi connectivity index (χ0) is 13.5. The molecule has 2 aliphatic carbocycles. The molecule has 0 radical (unpaired) electrons. The van der Waals surface area contributed by atoms with Crippen molar-refractivity contribution in [1.29, 1.82) is 0 Å². The summed E-state index contributed by atoms with van der Waals surface area (Å²) in [6.45, 7) is 0. The Bertz CT molecular complexity index is 524. The number of nitrogens with zero attached hydrogens (tertiary/aromatic N) is 2. The molecule has 0 aromatic heterocycles. The highest BCUT2D eigenvalue weighted by Crippen LogP contribution is 2.59. The summed E-state index contributed by atoms with van der Waals surface area (Å²) in [5.41, 5.74) is -2.00. The number of allylic oxidation sites excluding steroid dienone is 4. The molecular weight excluding hydrogens is 255 g/mol. The molecule has 0 amide bonds. The molecule has 7 heteroatoms. The molecule has 2 atom stereocenters. The molecule has 0 bridgehead atoms. The van der Waals surface area contributed by atoms with Crippen molar-refractivity contribution in [3.05, 3.63) is 23.4 Å². The summed E-state index contributed by atoms with van der Waals surface area (Å²) in [4.78, 5) is 0. The molecule has 1 heterocycles. The van der Waals surface area contributed by atoms with Gasteiger partial charge in [0.05, 0.1) is 25.6 Å². The van der Waals surface area contributed by atoms with Crippen molar-refractivity contribution < 1.29 is 26.5 Å². The van der Waals surface area contributed by atoms with Crippen molar-refractivity contribution in [2.45, 2.75) is 12.1 Å². The molecule has 3 rings (SSSR count). The SMILES string of the molecule is C[N+]1(C)N=C(C(F)(F)F)C2=C1C(F)(F)[C@@H]1C=C[C@H]21. The van der Waals surface area contributed by atoms with Gasteiger partial charge in [0.1, 0.15) is 0 Å². The zero-order valence-corrected chi connectivity index (χ0v) is 9.59. The lowest BCUT2D eigenvalue weighted by Crippen LogP contribution is -2.43. The average molecular weight is 265 g/mol. The number of rotatable bonds is 0. The van der Waals surface area contributed by atoms with E-state index in [0.29, 0.717) is 0 Å². The second kappa shape index (κ2) is 2.84. The third kappa shape index (κ3) is 1.18. The Balaban J connectivity index is 2.21. The quantitative estimate of drug-likeness (QED) is 0.363. The van der Waals surface area contributed by atoms with E-state index >= 15 is 0 Å². The van der Waals surface area contributed by atoms with Crippen molar-refractivity contribution in [2.24, 2.45) is 16.9 Å². The van der Waals surface area contributed by atoms with Crippen LogP contribution in [0.3, 0.4) is 0 Å². The number of halogens is 5. The summed E-state index contributed by atoms with van der Waals surface area (Å²) < 4.78 is 66.0. The fraction of sp³-hybridized carbons (Fsp3) is 0.545. The molecule has 98 valence electrons. The summed E-state index contributed by atoms with van der Waals surface area (Å²) in [7, 11) is 2.49. The maximum atomic E-state index is 14.1. The fourth-order valence-electron chi connectivity index (χ4n) is 2.94. The van der Waals surface area contributed by atoms with Gasteiger partial charge in [0.25, 0.3) is 0 Å². The van der Waals surface area contributed by atoms with Crippen LogP contribution in [0.5, 0.6) is 0 Å². The Morgan fingerprint density at radius 1 is 1.22 bits per heavy atom. The van der Waals surface area contributed by atoms with Crippen molar-refractivity contribution >= 4 is 5.71 Å². The molecule has 3 aliphatic rings. The van der Waals surface area contributed by atoms with Gasteiger partial charge < -0.3 is 0 Å². The highest BCUT2D eigenvalue weighted by Gasteiger charge is 2.69. The van der Waals surface area contributed by atoms with E-state index in [1.807, 2.05) is 0 Å². The Morgan fingerprint density at radius 3 is 2.28 bits per heavy atom. The second-order valence-electron chi connectivity index (χ2n) is 5.16. The van der Waals surface area contributed by atoms with Crippen LogP contribution in [0.1, 0.15) is 0 Å². The van der Waals surface area contributed by atoms with E-state index in [1.54, 1.807) is 0 Å². The minimum Gasteiger partial charge on any atom is -0.194 e. The summed E-state index contributed by atoms with van der Waals surface area (Å²) >= 11 is 0. The molecule has 0 unspecified atom stereocenters. The summed E-state index contributed by atoms with van der Waals surface area (Å²) in [6.07, 6.45) is -2.02. The largest absolute Gasteiger partial charge is 0.439 e. The smallest absolute Gasteiger partial charge is 0.194 e. The van der Waals surface area contributed by atoms with Gasteiger partial charge in [-0.05, 0) is 0 Å². The summed E-state index contributed by atoms with van der Waals surface area (Å²) in [6, 6.07) is 0. The number of hydrogen-bond acceptors (Lipinski definition) is 1. The highest BCUT2D eigenvalue weighted by molar-refractivity contribution is 6.07. The van der Waals surface area contributed by atoms with E-state index in [2.05, 4.69) is 5.10 Å². The average Bonchev–Trinajstić information content (AvgIpc) is 2.40. The molecule has 1 aliphatic heterocycles. The van der Waals surface area contributed by atoms with E-state index < -0.39 is 39.9 Å². The van der Waals surface area contributed by atoms with Crippen LogP contribution in [0, 0.1) is 11.8 Å². The van der Waals surface area contributed by atoms with Gasteiger partial charge in [0.15, 0.2) is 0 Å². The first-order valence-electron chi connectivity index (χ1n) is 5.40. The molecule has 0 aromatic carbocycles. The standard InChI is InChI=1S/C11H10F5N2/c1-18(2)9-7(8(17-18)11(14,15)16)5-3-4-6(5)10(9,12)13/h3-6H,1-2H3/q+1/t5-,6+/m0/s1. The van der Waals surface area contributed by atoms with Crippen LogP contribution in [0.25, 0.3) is 0 Å². The topological polar surface area (TPSA) is 12.4 Å². The monoisotopic (exact) mass is 265 g/mol. The maximum absolute atomic E-state index is 14.1. The first-order chi connectivity index (χ1) is 8.07. The number of hydrogen-bond donors (Lipinski definition) is 0. The molecule has 0 aromatic rings. The van der Waals surface area contributed by atoms with Crippen molar-refractivity contribution in [3.63, 3.8) is 0 Å². The lowest BCUT2D eigenvalue weighted by Gasteiger charge is -2.31. The van der Waals surface area contributed by atoms with Crippen LogP contribution in [0.4, 0.5) is 22.0 Å². The van der Waals surface area contributed by atoms with Crippen LogP contribution < -0.4 is 0 Å². The summed E-state index contributed by atoms with van der Waals surface area (Å²) in [5.74, 6) is -5.25. The predicted octanol–water partition coefficient (Wildman–Crippen LogP) is 2.70. The third-order valence-corrected chi connectivity index (χ3v) is 3.66. The number of fused-ring (bicyclic) bond motifs is 2. The van der Waals surface area contributed by atoms with Crippen molar-refractivity contribution in [1.82, 2.24) is 0 Å². The van der Waals surface area contributed by atoms with E-state index in [-0.39, 0.29) is 5.57 Å². The molecule has 0 saturated carbocycles. The van der Waals surface area contributed by atoms with Crippen LogP contribution in [-0.4, -0.2) is 36.5 Å². The van der Waals surface area contributed by atoms with Gasteiger partial charge in [0.2, 0.25) is 11.4 Å². The fourth-order valence-corrected chi connectivity index (χ4v) is 2.94. The van der Waals surface area contributed by atoms with E-state index in [9.17, 15) is 22.0 Å². The maximum Gasteiger partial charge on any atom is 0.439 e. The third-order valence-electron chi connectivity index (χ3n) is 3.66. The second-order valence-corrected chi connectivity index (χ2v) is 5.16. The van der Waals surface area contributed by atoms with Gasteiger partial charge in [-0.25, -0.2) is 0 Å². The first kappa shape index (κ1) is 11.8. The molecule has 0 fully saturated rings. The Labute approximate surface area is 99.7 Å². The first-order valence-corrected chi connectivity index (χ1v) is 5.40. The van der Waals surface area contributed by atoms with Crippen LogP contribution >= 0.6 is 0 Å². The minimum absolute atomic E-state index is 0.329. The molecular formula is C11H10F5N2+. The molecule has 0 spiro atoms. The van der Waals surface area contributed by atoms with Gasteiger partial charge >= 0.3 is 12.1 Å². The van der Waals surface area contributed by atoms with Crippen LogP contribution in [0.15, 0.2) is 28.5 Å². The highest BCUT2D eigenvalue weighted by atomic mass is 19.4. The zero-order valence-electron chi connectivity index (χ0n) is 9.59. The molecule has 0 N–H and O–H groups in total. The Kier molecular flexibility index (Phi) is 1.87. The Morgan fingerprint density at radius 2 is 1.83 bits per heavy atom. The molecule has 0 saturated heterocycles. The lowest BCUT2D eigenvalue weighted by atomic mass is 9.79. The van der Waals surface area contributed by atoms with Gasteiger partial charge in [-0.15, -0.1) is 0 Å².